The van der Waals surface area contributed by atoms with Crippen LogP contribution in [0.1, 0.15) is 24.5 Å². The standard InChI is InChI=1S/C24H23N5O4/c30-22(31)13-15-5-6-29-19-3-1-16(11-18(19)12-20(15)29)23-26-24(33-27-23)17-2-4-21(25-14-17)28-7-9-32-10-8-28/h1-4,11-12,14-15H,5-10,13H2,(H,30,31). The van der Waals surface area contributed by atoms with Gasteiger partial charge in [0, 0.05) is 53.9 Å². The molecule has 1 fully saturated rings. The molecule has 3 aromatic heterocycles. The van der Waals surface area contributed by atoms with Gasteiger partial charge in [0.1, 0.15) is 5.82 Å². The molecule has 2 aliphatic rings. The van der Waals surface area contributed by atoms with E-state index in [-0.39, 0.29) is 12.3 Å². The highest BCUT2D eigenvalue weighted by Crippen LogP contribution is 2.37. The van der Waals surface area contributed by atoms with Crippen molar-refractivity contribution in [1.82, 2.24) is 19.7 Å². The summed E-state index contributed by atoms with van der Waals surface area (Å²) in [7, 11) is 0. The second-order valence-corrected chi connectivity index (χ2v) is 8.51. The highest BCUT2D eigenvalue weighted by atomic mass is 16.5. The molecule has 1 N–H and O–H groups in total. The lowest BCUT2D eigenvalue weighted by Crippen LogP contribution is -2.36. The minimum absolute atomic E-state index is 0.0584. The molecule has 0 amide bonds. The number of benzene rings is 1. The number of fused-ring (bicyclic) bond motifs is 3. The molecule has 0 aliphatic carbocycles. The van der Waals surface area contributed by atoms with E-state index in [1.807, 2.05) is 30.3 Å². The molecule has 2 aliphatic heterocycles. The number of aryl methyl sites for hydroxylation is 1. The van der Waals surface area contributed by atoms with Crippen LogP contribution in [-0.4, -0.2) is 57.1 Å². The SMILES string of the molecule is O=C(O)CC1CCn2c1cc1cc(-c3noc(-c4ccc(N5CCOCC5)nc4)n3)ccc12. The van der Waals surface area contributed by atoms with Crippen LogP contribution >= 0.6 is 0 Å². The topological polar surface area (TPSA) is 107 Å². The van der Waals surface area contributed by atoms with Crippen LogP contribution in [0, 0.1) is 0 Å². The molecule has 9 nitrogen and oxygen atoms in total. The second-order valence-electron chi connectivity index (χ2n) is 8.51. The number of carbonyl (C=O) groups is 1. The Bertz CT molecular complexity index is 1320. The fraction of sp³-hybridized carbons (Fsp3) is 0.333. The number of anilines is 1. The van der Waals surface area contributed by atoms with E-state index in [0.29, 0.717) is 24.9 Å². The van der Waals surface area contributed by atoms with Crippen LogP contribution < -0.4 is 4.90 Å². The summed E-state index contributed by atoms with van der Waals surface area (Å²) in [5, 5.41) is 14.4. The normalized spacial score (nSPS) is 18.1. The first-order chi connectivity index (χ1) is 16.2. The molecule has 9 heteroatoms. The molecule has 33 heavy (non-hydrogen) atoms. The van der Waals surface area contributed by atoms with E-state index < -0.39 is 5.97 Å². The predicted molar refractivity (Wildman–Crippen MR) is 121 cm³/mol. The number of carboxylic acid groups (broad SMARTS) is 1. The highest BCUT2D eigenvalue weighted by Gasteiger charge is 2.27. The Hall–Kier alpha value is -3.72. The molecule has 0 bridgehead atoms. The first kappa shape index (κ1) is 19.9. The van der Waals surface area contributed by atoms with Crippen molar-refractivity contribution in [3.63, 3.8) is 0 Å². The Morgan fingerprint density at radius 3 is 2.73 bits per heavy atom. The van der Waals surface area contributed by atoms with Crippen molar-refractivity contribution in [1.29, 1.82) is 0 Å². The Morgan fingerprint density at radius 2 is 1.94 bits per heavy atom. The number of aromatic nitrogens is 4. The van der Waals surface area contributed by atoms with E-state index >= 15 is 0 Å². The fourth-order valence-corrected chi connectivity index (χ4v) is 4.82. The lowest BCUT2D eigenvalue weighted by molar-refractivity contribution is -0.137. The summed E-state index contributed by atoms with van der Waals surface area (Å²) < 4.78 is 13.1. The van der Waals surface area contributed by atoms with Gasteiger partial charge in [-0.15, -0.1) is 0 Å². The summed E-state index contributed by atoms with van der Waals surface area (Å²) in [6.45, 7) is 3.94. The van der Waals surface area contributed by atoms with E-state index in [9.17, 15) is 9.90 Å². The zero-order valence-electron chi connectivity index (χ0n) is 18.0. The molecule has 168 valence electrons. The van der Waals surface area contributed by atoms with E-state index in [2.05, 4.69) is 30.7 Å². The van der Waals surface area contributed by atoms with Gasteiger partial charge < -0.3 is 23.8 Å². The number of hydrogen-bond acceptors (Lipinski definition) is 7. The van der Waals surface area contributed by atoms with Crippen molar-refractivity contribution in [2.45, 2.75) is 25.3 Å². The number of nitrogens with zero attached hydrogens (tertiary/aromatic N) is 5. The minimum atomic E-state index is -0.758. The van der Waals surface area contributed by atoms with Crippen molar-refractivity contribution in [2.75, 3.05) is 31.2 Å². The summed E-state index contributed by atoms with van der Waals surface area (Å²) in [6.07, 6.45) is 2.79. The van der Waals surface area contributed by atoms with Gasteiger partial charge in [-0.1, -0.05) is 5.16 Å². The van der Waals surface area contributed by atoms with Gasteiger partial charge in [0.05, 0.1) is 25.2 Å². The van der Waals surface area contributed by atoms with Crippen LogP contribution in [-0.2, 0) is 16.1 Å². The van der Waals surface area contributed by atoms with Gasteiger partial charge in [-0.3, -0.25) is 4.79 Å². The zero-order chi connectivity index (χ0) is 22.4. The molecular weight excluding hydrogens is 422 g/mol. The lowest BCUT2D eigenvalue weighted by atomic mass is 10.0. The van der Waals surface area contributed by atoms with Crippen LogP contribution in [0.2, 0.25) is 0 Å². The lowest BCUT2D eigenvalue weighted by Gasteiger charge is -2.27. The largest absolute Gasteiger partial charge is 0.481 e. The molecule has 1 saturated heterocycles. The predicted octanol–water partition coefficient (Wildman–Crippen LogP) is 3.55. The average Bonchev–Trinajstić information content (AvgIpc) is 3.56. The maximum Gasteiger partial charge on any atom is 0.304 e. The minimum Gasteiger partial charge on any atom is -0.481 e. The molecule has 4 aromatic rings. The zero-order valence-corrected chi connectivity index (χ0v) is 18.0. The maximum absolute atomic E-state index is 11.2. The van der Waals surface area contributed by atoms with Gasteiger partial charge in [-0.2, -0.15) is 4.98 Å². The third-order valence-electron chi connectivity index (χ3n) is 6.49. The van der Waals surface area contributed by atoms with Crippen molar-refractivity contribution in [3.05, 3.63) is 48.3 Å². The number of hydrogen-bond donors (Lipinski definition) is 1. The van der Waals surface area contributed by atoms with Gasteiger partial charge in [0.25, 0.3) is 5.89 Å². The average molecular weight is 445 g/mol. The third-order valence-corrected chi connectivity index (χ3v) is 6.49. The van der Waals surface area contributed by atoms with Gasteiger partial charge in [-0.05, 0) is 42.8 Å². The van der Waals surface area contributed by atoms with Crippen molar-refractivity contribution in [3.8, 4) is 22.8 Å². The molecule has 5 heterocycles. The maximum atomic E-state index is 11.2. The van der Waals surface area contributed by atoms with Crippen molar-refractivity contribution in [2.24, 2.45) is 0 Å². The monoisotopic (exact) mass is 445 g/mol. The number of pyridine rings is 1. The molecule has 1 aromatic carbocycles. The molecule has 6 rings (SSSR count). The summed E-state index contributed by atoms with van der Waals surface area (Å²) in [5.41, 5.74) is 3.82. The smallest absolute Gasteiger partial charge is 0.304 e. The van der Waals surface area contributed by atoms with Gasteiger partial charge >= 0.3 is 5.97 Å². The number of morpholine rings is 1. The van der Waals surface area contributed by atoms with E-state index in [4.69, 9.17) is 9.26 Å². The van der Waals surface area contributed by atoms with Crippen molar-refractivity contribution < 1.29 is 19.2 Å². The molecule has 1 atom stereocenters. The molecular formula is C24H23N5O4. The molecule has 0 radical (unpaired) electrons. The van der Waals surface area contributed by atoms with Crippen LogP contribution in [0.25, 0.3) is 33.7 Å². The first-order valence-corrected chi connectivity index (χ1v) is 11.1. The van der Waals surface area contributed by atoms with Crippen LogP contribution in [0.3, 0.4) is 0 Å². The van der Waals surface area contributed by atoms with Gasteiger partial charge in [0.2, 0.25) is 5.82 Å². The van der Waals surface area contributed by atoms with Crippen molar-refractivity contribution >= 4 is 22.7 Å². The summed E-state index contributed by atoms with van der Waals surface area (Å²) in [5.74, 6) is 1.15. The van der Waals surface area contributed by atoms with Crippen LogP contribution in [0.4, 0.5) is 5.82 Å². The number of rotatable bonds is 5. The molecule has 0 spiro atoms. The Balaban J connectivity index is 1.25. The Labute approximate surface area is 189 Å². The molecule has 0 saturated carbocycles. The first-order valence-electron chi connectivity index (χ1n) is 11.1. The van der Waals surface area contributed by atoms with Gasteiger partial charge in [0.15, 0.2) is 0 Å². The van der Waals surface area contributed by atoms with Crippen LogP contribution in [0.5, 0.6) is 0 Å². The highest BCUT2D eigenvalue weighted by molar-refractivity contribution is 5.86. The Kier molecular flexibility index (Phi) is 4.83. The fourth-order valence-electron chi connectivity index (χ4n) is 4.82. The molecule has 1 unspecified atom stereocenters. The Morgan fingerprint density at radius 1 is 1.09 bits per heavy atom. The quantitative estimate of drug-likeness (QED) is 0.497. The van der Waals surface area contributed by atoms with E-state index in [1.54, 1.807) is 6.20 Å². The summed E-state index contributed by atoms with van der Waals surface area (Å²) in [6, 6.07) is 12.1. The van der Waals surface area contributed by atoms with Crippen LogP contribution in [0.15, 0.2) is 47.1 Å². The number of aliphatic carboxylic acids is 1. The van der Waals surface area contributed by atoms with E-state index in [1.165, 1.54) is 0 Å². The summed E-state index contributed by atoms with van der Waals surface area (Å²) in [4.78, 5) is 22.5. The van der Waals surface area contributed by atoms with Gasteiger partial charge in [-0.25, -0.2) is 4.98 Å². The number of ether oxygens (including phenoxy) is 1. The van der Waals surface area contributed by atoms with E-state index in [0.717, 1.165) is 59.6 Å². The third kappa shape index (κ3) is 3.64. The number of carboxylic acids is 1. The summed E-state index contributed by atoms with van der Waals surface area (Å²) >= 11 is 0. The second kappa shape index (κ2) is 8.00.